The molecule has 2 aromatic rings. The summed E-state index contributed by atoms with van der Waals surface area (Å²) in [5.74, 6) is -2.62. The van der Waals surface area contributed by atoms with Gasteiger partial charge in [-0.05, 0) is 22.8 Å². The number of benzene rings is 2. The minimum absolute atomic E-state index is 0.0635. The monoisotopic (exact) mass is 240 g/mol. The average molecular weight is 240 g/mol. The van der Waals surface area contributed by atoms with Crippen LogP contribution >= 0.6 is 0 Å². The summed E-state index contributed by atoms with van der Waals surface area (Å²) < 4.78 is 0. The summed E-state index contributed by atoms with van der Waals surface area (Å²) in [7, 11) is 0. The quantitative estimate of drug-likeness (QED) is 0.884. The molecule has 2 aromatic carbocycles. The van der Waals surface area contributed by atoms with E-state index >= 15 is 0 Å². The highest BCUT2D eigenvalue weighted by atomic mass is 16.4. The van der Waals surface area contributed by atoms with Gasteiger partial charge in [-0.2, -0.15) is 5.26 Å². The average Bonchev–Trinajstić information content (AvgIpc) is 2.37. The van der Waals surface area contributed by atoms with Crippen LogP contribution in [0.1, 0.15) is 5.56 Å². The molecule has 0 aromatic heterocycles. The Morgan fingerprint density at radius 2 is 2.06 bits per heavy atom. The van der Waals surface area contributed by atoms with Crippen LogP contribution in [-0.2, 0) is 11.2 Å². The fraction of sp³-hybridized carbons (Fsp3) is 0.143. The molecule has 0 bridgehead atoms. The molecule has 90 valence electrons. The molecule has 0 radical (unpaired) electrons. The van der Waals surface area contributed by atoms with Crippen molar-refractivity contribution in [1.82, 2.24) is 0 Å². The molecule has 1 unspecified atom stereocenters. The number of hydrogen-bond donors (Lipinski definition) is 1. The number of nitrogens with zero attached hydrogens (tertiary/aromatic N) is 1. The largest absolute Gasteiger partial charge is 0.872 e. The highest BCUT2D eigenvalue weighted by Crippen LogP contribution is 2.27. The summed E-state index contributed by atoms with van der Waals surface area (Å²) in [6, 6.07) is 12.1. The first-order valence-electron chi connectivity index (χ1n) is 5.43. The molecule has 0 amide bonds. The Balaban J connectivity index is 2.53. The Kier molecular flexibility index (Phi) is 3.16. The number of aliphatic carboxylic acids is 1. The first-order chi connectivity index (χ1) is 8.63. The molecule has 18 heavy (non-hydrogen) atoms. The number of carboxylic acids is 1. The van der Waals surface area contributed by atoms with Crippen LogP contribution in [0.5, 0.6) is 5.75 Å². The molecule has 0 aliphatic carbocycles. The second-order valence-corrected chi connectivity index (χ2v) is 3.99. The third kappa shape index (κ3) is 2.11. The van der Waals surface area contributed by atoms with Crippen molar-refractivity contribution in [1.29, 1.82) is 5.26 Å². The van der Waals surface area contributed by atoms with Gasteiger partial charge in [0.1, 0.15) is 5.92 Å². The second-order valence-electron chi connectivity index (χ2n) is 3.99. The van der Waals surface area contributed by atoms with Crippen LogP contribution in [0.3, 0.4) is 0 Å². The van der Waals surface area contributed by atoms with Crippen LogP contribution in [0, 0.1) is 17.2 Å². The zero-order chi connectivity index (χ0) is 13.1. The van der Waals surface area contributed by atoms with Gasteiger partial charge in [-0.1, -0.05) is 36.4 Å². The lowest BCUT2D eigenvalue weighted by molar-refractivity contribution is -0.269. The van der Waals surface area contributed by atoms with E-state index < -0.39 is 11.9 Å². The van der Waals surface area contributed by atoms with Gasteiger partial charge >= 0.3 is 5.97 Å². The van der Waals surface area contributed by atoms with Crippen molar-refractivity contribution in [2.24, 2.45) is 5.92 Å². The van der Waals surface area contributed by atoms with Gasteiger partial charge in [-0.3, -0.25) is 4.79 Å². The molecule has 1 atom stereocenters. The van der Waals surface area contributed by atoms with E-state index in [0.29, 0.717) is 10.9 Å². The third-order valence-electron chi connectivity index (χ3n) is 2.86. The van der Waals surface area contributed by atoms with E-state index in [9.17, 15) is 9.90 Å². The van der Waals surface area contributed by atoms with E-state index in [-0.39, 0.29) is 12.2 Å². The lowest BCUT2D eigenvalue weighted by Crippen LogP contribution is -2.15. The maximum Gasteiger partial charge on any atom is 0.321 e. The SMILES string of the molecule is N#CC(Cc1c([O-])ccc2ccccc12)C(=O)O. The predicted octanol–water partition coefficient (Wildman–Crippen LogP) is 1.68. The molecular formula is C14H10NO3-. The Hall–Kier alpha value is -2.54. The van der Waals surface area contributed by atoms with E-state index in [1.807, 2.05) is 12.1 Å². The van der Waals surface area contributed by atoms with Gasteiger partial charge in [0.15, 0.2) is 0 Å². The first kappa shape index (κ1) is 11.9. The van der Waals surface area contributed by atoms with Crippen LogP contribution in [0.25, 0.3) is 10.8 Å². The van der Waals surface area contributed by atoms with Gasteiger partial charge in [0.2, 0.25) is 0 Å². The molecule has 0 heterocycles. The fourth-order valence-electron chi connectivity index (χ4n) is 1.92. The molecule has 2 rings (SSSR count). The first-order valence-corrected chi connectivity index (χ1v) is 5.43. The van der Waals surface area contributed by atoms with Gasteiger partial charge in [0, 0.05) is 0 Å². The Morgan fingerprint density at radius 3 is 2.72 bits per heavy atom. The second kappa shape index (κ2) is 4.76. The Bertz CT molecular complexity index is 643. The fourth-order valence-corrected chi connectivity index (χ4v) is 1.92. The van der Waals surface area contributed by atoms with Crippen molar-refractivity contribution in [3.8, 4) is 11.8 Å². The molecule has 0 aliphatic heterocycles. The van der Waals surface area contributed by atoms with Crippen molar-refractivity contribution in [2.75, 3.05) is 0 Å². The predicted molar refractivity (Wildman–Crippen MR) is 63.8 cm³/mol. The molecule has 0 spiro atoms. The summed E-state index contributed by atoms with van der Waals surface area (Å²) >= 11 is 0. The standard InChI is InChI=1S/C14H11NO3/c15-8-10(14(17)18)7-12-11-4-2-1-3-9(11)5-6-13(12)16/h1-6,10,16H,7H2,(H,17,18)/p-1. The summed E-state index contributed by atoms with van der Waals surface area (Å²) in [6.07, 6.45) is -0.0635. The van der Waals surface area contributed by atoms with Crippen LogP contribution in [-0.4, -0.2) is 11.1 Å². The van der Waals surface area contributed by atoms with Crippen molar-refractivity contribution < 1.29 is 15.0 Å². The number of carbonyl (C=O) groups is 1. The minimum Gasteiger partial charge on any atom is -0.872 e. The molecule has 0 fully saturated rings. The molecule has 0 aliphatic rings. The maximum absolute atomic E-state index is 11.8. The summed E-state index contributed by atoms with van der Waals surface area (Å²) in [5, 5.41) is 31.0. The van der Waals surface area contributed by atoms with E-state index in [2.05, 4.69) is 0 Å². The highest BCUT2D eigenvalue weighted by Gasteiger charge is 2.18. The number of hydrogen-bond acceptors (Lipinski definition) is 3. The molecule has 1 N–H and O–H groups in total. The number of carboxylic acid groups (broad SMARTS) is 1. The maximum atomic E-state index is 11.8. The van der Waals surface area contributed by atoms with Crippen molar-refractivity contribution >= 4 is 16.7 Å². The molecule has 0 saturated carbocycles. The van der Waals surface area contributed by atoms with E-state index in [1.165, 1.54) is 6.07 Å². The van der Waals surface area contributed by atoms with Gasteiger partial charge in [-0.15, -0.1) is 5.75 Å². The highest BCUT2D eigenvalue weighted by molar-refractivity contribution is 5.88. The van der Waals surface area contributed by atoms with Crippen LogP contribution in [0.15, 0.2) is 36.4 Å². The smallest absolute Gasteiger partial charge is 0.321 e. The van der Waals surface area contributed by atoms with Gasteiger partial charge < -0.3 is 10.2 Å². The van der Waals surface area contributed by atoms with Crippen LogP contribution in [0.2, 0.25) is 0 Å². The van der Waals surface area contributed by atoms with Crippen molar-refractivity contribution in [3.63, 3.8) is 0 Å². The topological polar surface area (TPSA) is 84.1 Å². The van der Waals surface area contributed by atoms with Crippen molar-refractivity contribution in [2.45, 2.75) is 6.42 Å². The van der Waals surface area contributed by atoms with Gasteiger partial charge in [-0.25, -0.2) is 0 Å². The number of rotatable bonds is 3. The van der Waals surface area contributed by atoms with Crippen LogP contribution in [0.4, 0.5) is 0 Å². The van der Waals surface area contributed by atoms with Gasteiger partial charge in [0.05, 0.1) is 6.07 Å². The molecule has 0 saturated heterocycles. The Morgan fingerprint density at radius 1 is 1.33 bits per heavy atom. The lowest BCUT2D eigenvalue weighted by Gasteiger charge is -2.17. The minimum atomic E-state index is -1.20. The van der Waals surface area contributed by atoms with E-state index in [1.54, 1.807) is 24.3 Å². The normalized spacial score (nSPS) is 11.9. The van der Waals surface area contributed by atoms with E-state index in [0.717, 1.165) is 5.39 Å². The third-order valence-corrected chi connectivity index (χ3v) is 2.86. The molecular weight excluding hydrogens is 230 g/mol. The van der Waals surface area contributed by atoms with Crippen molar-refractivity contribution in [3.05, 3.63) is 42.0 Å². The van der Waals surface area contributed by atoms with E-state index in [4.69, 9.17) is 10.4 Å². The summed E-state index contributed by atoms with van der Waals surface area (Å²) in [5.41, 5.74) is 0.391. The number of fused-ring (bicyclic) bond motifs is 1. The molecule has 4 heteroatoms. The summed E-state index contributed by atoms with van der Waals surface area (Å²) in [6.45, 7) is 0. The van der Waals surface area contributed by atoms with Crippen LogP contribution < -0.4 is 5.11 Å². The number of nitriles is 1. The Labute approximate surface area is 104 Å². The summed E-state index contributed by atoms with van der Waals surface area (Å²) in [4.78, 5) is 10.9. The lowest BCUT2D eigenvalue weighted by atomic mass is 9.95. The molecule has 4 nitrogen and oxygen atoms in total. The van der Waals surface area contributed by atoms with Gasteiger partial charge in [0.25, 0.3) is 0 Å². The zero-order valence-electron chi connectivity index (χ0n) is 9.46. The zero-order valence-corrected chi connectivity index (χ0v) is 9.46.